The van der Waals surface area contributed by atoms with Crippen molar-refractivity contribution < 1.29 is 22.7 Å². The smallest absolute Gasteiger partial charge is 0.363 e. The van der Waals surface area contributed by atoms with Crippen LogP contribution in [0.1, 0.15) is 0 Å². The van der Waals surface area contributed by atoms with Gasteiger partial charge in [0.15, 0.2) is 0 Å². The summed E-state index contributed by atoms with van der Waals surface area (Å²) in [5, 5.41) is -4.19. The molecule has 0 N–H and O–H groups in total. The van der Waals surface area contributed by atoms with Gasteiger partial charge in [-0.3, -0.25) is 0 Å². The second-order valence-electron chi connectivity index (χ2n) is 1.43. The second kappa shape index (κ2) is 3.09. The third kappa shape index (κ3) is 2.43. The normalized spacial score (nSPS) is 14.5. The number of hydrogen-bond acceptors (Lipinski definition) is 2. The van der Waals surface area contributed by atoms with Crippen LogP contribution in [0.5, 0.6) is 0 Å². The van der Waals surface area contributed by atoms with Crippen LogP contribution in [0.15, 0.2) is 0 Å². The molecule has 60 valence electrons. The van der Waals surface area contributed by atoms with Gasteiger partial charge in [-0.25, -0.2) is 9.18 Å². The molecule has 0 aromatic carbocycles. The monoisotopic (exact) mass is 176 g/mol. The molecule has 1 unspecified atom stereocenters. The largest absolute Gasteiger partial charge is 0.467 e. The van der Waals surface area contributed by atoms with Gasteiger partial charge in [0.2, 0.25) is 0 Å². The predicted molar refractivity (Wildman–Crippen MR) is 27.7 cm³/mol. The fourth-order valence-corrected chi connectivity index (χ4v) is 0.326. The Morgan fingerprint density at radius 1 is 1.70 bits per heavy atom. The van der Waals surface area contributed by atoms with E-state index in [9.17, 15) is 18.0 Å². The zero-order valence-electron chi connectivity index (χ0n) is 4.91. The van der Waals surface area contributed by atoms with Crippen LogP contribution < -0.4 is 0 Å². The highest BCUT2D eigenvalue weighted by molar-refractivity contribution is 6.23. The number of ether oxygens (including phenoxy) is 1. The number of carbonyl (C=O) groups is 1. The Bertz CT molecular complexity index is 133. The van der Waals surface area contributed by atoms with E-state index in [0.717, 1.165) is 7.11 Å². The lowest BCUT2D eigenvalue weighted by Gasteiger charge is -2.10. The molecule has 6 heteroatoms. The zero-order chi connectivity index (χ0) is 8.36. The number of esters is 1. The molecule has 0 aromatic rings. The molecule has 0 aliphatic carbocycles. The molecule has 0 saturated carbocycles. The van der Waals surface area contributed by atoms with Crippen molar-refractivity contribution >= 4 is 17.6 Å². The van der Waals surface area contributed by atoms with Gasteiger partial charge in [0.1, 0.15) is 0 Å². The zero-order valence-corrected chi connectivity index (χ0v) is 5.66. The molecule has 0 bridgehead atoms. The maximum atomic E-state index is 11.9. The Morgan fingerprint density at radius 2 is 2.10 bits per heavy atom. The van der Waals surface area contributed by atoms with E-state index < -0.39 is 17.5 Å². The number of methoxy groups -OCH3 is 1. The van der Waals surface area contributed by atoms with Crippen molar-refractivity contribution in [3.63, 3.8) is 0 Å². The van der Waals surface area contributed by atoms with Crippen LogP contribution >= 0.6 is 11.6 Å². The fourth-order valence-electron chi connectivity index (χ4n) is 0.237. The summed E-state index contributed by atoms with van der Waals surface area (Å²) in [7, 11) is 0.789. The van der Waals surface area contributed by atoms with Gasteiger partial charge >= 0.3 is 11.4 Å². The van der Waals surface area contributed by atoms with E-state index in [0.29, 0.717) is 0 Å². The van der Waals surface area contributed by atoms with Gasteiger partial charge in [0, 0.05) is 0 Å². The van der Waals surface area contributed by atoms with Crippen molar-refractivity contribution in [3.8, 4) is 0 Å². The quantitative estimate of drug-likeness (QED) is 0.469. The molecule has 10 heavy (non-hydrogen) atoms. The molecular formula is C4H4ClF3O2. The molecule has 1 atom stereocenters. The SMILES string of the molecule is COC(=O)C(F)C(F)(F)Cl. The summed E-state index contributed by atoms with van der Waals surface area (Å²) in [4.78, 5) is 10.00. The first kappa shape index (κ1) is 9.55. The molecule has 0 saturated heterocycles. The molecule has 0 spiro atoms. The van der Waals surface area contributed by atoms with Crippen molar-refractivity contribution in [2.24, 2.45) is 0 Å². The van der Waals surface area contributed by atoms with E-state index in [-0.39, 0.29) is 0 Å². The Balaban J connectivity index is 4.08. The highest BCUT2D eigenvalue weighted by atomic mass is 35.5. The summed E-state index contributed by atoms with van der Waals surface area (Å²) in [6, 6.07) is 0. The second-order valence-corrected chi connectivity index (χ2v) is 1.93. The van der Waals surface area contributed by atoms with Crippen LogP contribution in [0.3, 0.4) is 0 Å². The Morgan fingerprint density at radius 3 is 2.20 bits per heavy atom. The van der Waals surface area contributed by atoms with Gasteiger partial charge in [-0.05, 0) is 11.6 Å². The number of halogens is 4. The lowest BCUT2D eigenvalue weighted by Crippen LogP contribution is -2.32. The molecule has 0 aliphatic heterocycles. The van der Waals surface area contributed by atoms with Crippen LogP contribution in [0.2, 0.25) is 0 Å². The number of alkyl halides is 4. The van der Waals surface area contributed by atoms with E-state index in [1.807, 2.05) is 0 Å². The third-order valence-corrected chi connectivity index (χ3v) is 0.887. The first-order chi connectivity index (χ1) is 4.39. The lowest BCUT2D eigenvalue weighted by molar-refractivity contribution is -0.154. The molecule has 0 aromatic heterocycles. The van der Waals surface area contributed by atoms with Crippen molar-refractivity contribution in [1.82, 2.24) is 0 Å². The van der Waals surface area contributed by atoms with Gasteiger partial charge < -0.3 is 4.74 Å². The van der Waals surface area contributed by atoms with Crippen molar-refractivity contribution in [3.05, 3.63) is 0 Å². The summed E-state index contributed by atoms with van der Waals surface area (Å²) in [6.45, 7) is 0. The highest BCUT2D eigenvalue weighted by Gasteiger charge is 2.44. The minimum Gasteiger partial charge on any atom is -0.467 e. The predicted octanol–water partition coefficient (Wildman–Crippen LogP) is 1.33. The first-order valence-electron chi connectivity index (χ1n) is 2.18. The Kier molecular flexibility index (Phi) is 2.96. The molecule has 2 nitrogen and oxygen atoms in total. The standard InChI is InChI=1S/C4H4ClF3O2/c1-10-3(9)2(6)4(5,7)8/h2H,1H3. The van der Waals surface area contributed by atoms with Crippen LogP contribution in [-0.2, 0) is 9.53 Å². The fraction of sp³-hybridized carbons (Fsp3) is 0.750. The van der Waals surface area contributed by atoms with Crippen LogP contribution in [0.25, 0.3) is 0 Å². The van der Waals surface area contributed by atoms with Gasteiger partial charge in [-0.15, -0.1) is 0 Å². The molecule has 0 fully saturated rings. The summed E-state index contributed by atoms with van der Waals surface area (Å²) in [6.07, 6.45) is -3.10. The minimum absolute atomic E-state index is 0.789. The van der Waals surface area contributed by atoms with Gasteiger partial charge in [-0.1, -0.05) is 0 Å². The summed E-state index contributed by atoms with van der Waals surface area (Å²) in [5.41, 5.74) is 0. The van der Waals surface area contributed by atoms with E-state index in [4.69, 9.17) is 0 Å². The lowest BCUT2D eigenvalue weighted by atomic mass is 10.4. The Hall–Kier alpha value is -0.450. The molecule has 0 rings (SSSR count). The average molecular weight is 177 g/mol. The van der Waals surface area contributed by atoms with Crippen LogP contribution in [0.4, 0.5) is 13.2 Å². The summed E-state index contributed by atoms with van der Waals surface area (Å²) in [5.74, 6) is -1.68. The van der Waals surface area contributed by atoms with Crippen molar-refractivity contribution in [2.45, 2.75) is 11.6 Å². The van der Waals surface area contributed by atoms with Crippen molar-refractivity contribution in [1.29, 1.82) is 0 Å². The molecule has 0 radical (unpaired) electrons. The molecule has 0 heterocycles. The minimum atomic E-state index is -4.19. The van der Waals surface area contributed by atoms with Crippen LogP contribution in [0, 0.1) is 0 Å². The maximum absolute atomic E-state index is 11.9. The van der Waals surface area contributed by atoms with Gasteiger partial charge in [0.25, 0.3) is 6.17 Å². The summed E-state index contributed by atoms with van der Waals surface area (Å²) >= 11 is 4.15. The Labute approximate surface area is 59.9 Å². The maximum Gasteiger partial charge on any atom is 0.363 e. The van der Waals surface area contributed by atoms with Gasteiger partial charge in [-0.2, -0.15) is 8.78 Å². The summed E-state index contributed by atoms with van der Waals surface area (Å²) < 4.78 is 38.9. The number of hydrogen-bond donors (Lipinski definition) is 0. The van der Waals surface area contributed by atoms with Crippen LogP contribution in [-0.4, -0.2) is 24.6 Å². The number of carbonyl (C=O) groups excluding carboxylic acids is 1. The topological polar surface area (TPSA) is 26.3 Å². The van der Waals surface area contributed by atoms with E-state index >= 15 is 0 Å². The van der Waals surface area contributed by atoms with E-state index in [1.54, 1.807) is 0 Å². The average Bonchev–Trinajstić information content (AvgIpc) is 1.83. The van der Waals surface area contributed by atoms with E-state index in [2.05, 4.69) is 16.3 Å². The molecule has 0 amide bonds. The van der Waals surface area contributed by atoms with E-state index in [1.165, 1.54) is 0 Å². The first-order valence-corrected chi connectivity index (χ1v) is 2.56. The van der Waals surface area contributed by atoms with Gasteiger partial charge in [0.05, 0.1) is 7.11 Å². The molecule has 0 aliphatic rings. The number of rotatable bonds is 2. The highest BCUT2D eigenvalue weighted by Crippen LogP contribution is 2.26. The third-order valence-electron chi connectivity index (χ3n) is 0.696. The molecular weight excluding hydrogens is 172 g/mol. The van der Waals surface area contributed by atoms with Crippen molar-refractivity contribution in [2.75, 3.05) is 7.11 Å².